The number of ether oxygens (including phenoxy) is 1. The molecule has 234 valence electrons. The average molecular weight is 709 g/mol. The van der Waals surface area contributed by atoms with Gasteiger partial charge in [0.05, 0.1) is 5.69 Å². The van der Waals surface area contributed by atoms with Gasteiger partial charge in [-0.3, -0.25) is 0 Å². The molecule has 1 heterocycles. The molecule has 0 amide bonds. The molecule has 5 rings (SSSR count). The number of aryl methyl sites for hydroxylation is 3. The summed E-state index contributed by atoms with van der Waals surface area (Å²) in [5.74, 6) is 0.918. The molecule has 0 spiro atoms. The van der Waals surface area contributed by atoms with Gasteiger partial charge in [0.15, 0.2) is 13.9 Å². The van der Waals surface area contributed by atoms with Crippen molar-refractivity contribution >= 4 is 60.4 Å². The third kappa shape index (κ3) is 12.2. The van der Waals surface area contributed by atoms with Crippen LogP contribution in [0.4, 0.5) is 5.69 Å². The Kier molecular flexibility index (Phi) is 15.3. The average Bonchev–Trinajstić information content (AvgIpc) is 3.58. The molecule has 1 aliphatic heterocycles. The molecule has 1 aliphatic rings. The molecule has 0 saturated carbocycles. The minimum absolute atomic E-state index is 0.104. The van der Waals surface area contributed by atoms with Crippen molar-refractivity contribution in [1.29, 1.82) is 0 Å². The Morgan fingerprint density at radius 3 is 1.70 bits per heavy atom. The van der Waals surface area contributed by atoms with E-state index < -0.39 is 19.5 Å². The standard InChI is InChI=1S/C32H35N2P.C4H7O.3ClH.Cr/c1-23-17-19-26(20-18-23)31(33-30-24(2)21-27(22-25(30)3)32(4,5)6)34-35(28-13-9-7-10-14-28)29-15-11-8-12-16-29;1-2-4-5-3-1;;;;/h7-22H,1-6H3,(H,33,34);3H,1-2,4H2;3*1H;/q;-1;;;;+4/p-2. The van der Waals surface area contributed by atoms with E-state index in [0.717, 1.165) is 30.1 Å². The van der Waals surface area contributed by atoms with Gasteiger partial charge < -0.3 is 4.74 Å². The van der Waals surface area contributed by atoms with Crippen molar-refractivity contribution in [1.82, 2.24) is 5.09 Å². The molecule has 0 aromatic heterocycles. The van der Waals surface area contributed by atoms with Crippen LogP contribution < -0.4 is 15.7 Å². The molecule has 0 unspecified atom stereocenters. The molecule has 0 atom stereocenters. The maximum atomic E-state index is 5.30. The van der Waals surface area contributed by atoms with Gasteiger partial charge in [-0.2, -0.15) is 6.42 Å². The zero-order chi connectivity index (χ0) is 32.1. The van der Waals surface area contributed by atoms with Crippen LogP contribution in [0.3, 0.4) is 0 Å². The van der Waals surface area contributed by atoms with Crippen LogP contribution in [0.1, 0.15) is 61.4 Å². The van der Waals surface area contributed by atoms with Crippen LogP contribution in [-0.2, 0) is 21.5 Å². The van der Waals surface area contributed by atoms with E-state index in [1.807, 2.05) is 6.61 Å². The summed E-state index contributed by atoms with van der Waals surface area (Å²) >= 11 is -1.62. The van der Waals surface area contributed by atoms with Crippen LogP contribution in [0.15, 0.2) is 102 Å². The zero-order valence-corrected chi connectivity index (χ0v) is 30.9. The van der Waals surface area contributed by atoms with Crippen LogP contribution in [0.5, 0.6) is 0 Å². The SMILES string of the molecule is Cc1ccc(C(=Nc2c(C)cc(C(C)(C)C)cc2C)N[PH+](c2ccccc2)c2ccccc2)cc1.[CH-]1CCCO1.[Cl][Cr+]([Cl])[Cl]. The van der Waals surface area contributed by atoms with E-state index >= 15 is 0 Å². The van der Waals surface area contributed by atoms with Crippen molar-refractivity contribution in [2.24, 2.45) is 4.99 Å². The molecule has 44 heavy (non-hydrogen) atoms. The summed E-state index contributed by atoms with van der Waals surface area (Å²) < 4.78 is 4.82. The van der Waals surface area contributed by atoms with Crippen molar-refractivity contribution in [3.8, 4) is 0 Å². The van der Waals surface area contributed by atoms with Crippen LogP contribution in [0.2, 0.25) is 0 Å². The second-order valence-corrected chi connectivity index (χ2v) is 20.1. The molecule has 1 N–H and O–H groups in total. The second-order valence-electron chi connectivity index (χ2n) is 11.6. The molecule has 4 aromatic rings. The molecule has 3 nitrogen and oxygen atoms in total. The number of rotatable bonds is 5. The van der Waals surface area contributed by atoms with E-state index in [1.165, 1.54) is 39.3 Å². The van der Waals surface area contributed by atoms with Gasteiger partial charge in [0.2, 0.25) is 0 Å². The first-order chi connectivity index (χ1) is 21.0. The Hall–Kier alpha value is -1.86. The maximum absolute atomic E-state index is 5.30. The fourth-order valence-corrected chi connectivity index (χ4v) is 6.72. The van der Waals surface area contributed by atoms with Gasteiger partial charge in [-0.25, -0.2) is 16.7 Å². The third-order valence-corrected chi connectivity index (χ3v) is 9.28. The molecule has 1 saturated heterocycles. The molecule has 0 bridgehead atoms. The molecule has 0 aliphatic carbocycles. The van der Waals surface area contributed by atoms with Crippen molar-refractivity contribution in [2.45, 2.75) is 59.8 Å². The van der Waals surface area contributed by atoms with Gasteiger partial charge in [-0.05, 0) is 67.1 Å². The number of benzene rings is 4. The Labute approximate surface area is 282 Å². The molecule has 4 aromatic carbocycles. The number of hydrogen-bond donors (Lipinski definition) is 1. The fraction of sp³-hybridized carbons (Fsp3) is 0.278. The van der Waals surface area contributed by atoms with E-state index in [4.69, 9.17) is 39.9 Å². The number of nitrogens with zero attached hydrogens (tertiary/aromatic N) is 1. The topological polar surface area (TPSA) is 33.6 Å². The summed E-state index contributed by atoms with van der Waals surface area (Å²) in [4.78, 5) is 5.30. The van der Waals surface area contributed by atoms with E-state index in [1.54, 1.807) is 0 Å². The Morgan fingerprint density at radius 1 is 0.818 bits per heavy atom. The van der Waals surface area contributed by atoms with Gasteiger partial charge in [0.1, 0.15) is 10.6 Å². The van der Waals surface area contributed by atoms with Crippen LogP contribution in [0, 0.1) is 27.4 Å². The quantitative estimate of drug-likeness (QED) is 0.0969. The summed E-state index contributed by atoms with van der Waals surface area (Å²) in [5, 5.41) is 6.53. The Balaban J connectivity index is 0.000000509. The van der Waals surface area contributed by atoms with E-state index in [9.17, 15) is 0 Å². The van der Waals surface area contributed by atoms with E-state index in [0.29, 0.717) is 0 Å². The normalized spacial score (nSPS) is 13.2. The summed E-state index contributed by atoms with van der Waals surface area (Å²) in [6.07, 6.45) is 2.38. The summed E-state index contributed by atoms with van der Waals surface area (Å²) in [6, 6.07) is 34.7. The number of nitrogens with one attached hydrogen (secondary N) is 1. The number of halogens is 3. The van der Waals surface area contributed by atoms with Gasteiger partial charge in [0, 0.05) is 12.2 Å². The third-order valence-electron chi connectivity index (χ3n) is 6.98. The summed E-state index contributed by atoms with van der Waals surface area (Å²) in [5.41, 5.74) is 7.24. The Morgan fingerprint density at radius 2 is 1.32 bits per heavy atom. The number of amidine groups is 1. The van der Waals surface area contributed by atoms with E-state index in [-0.39, 0.29) is 5.41 Å². The van der Waals surface area contributed by atoms with Crippen LogP contribution in [-0.4, -0.2) is 12.4 Å². The van der Waals surface area contributed by atoms with Crippen LogP contribution >= 0.6 is 38.2 Å². The molecular weight excluding hydrogens is 666 g/mol. The van der Waals surface area contributed by atoms with E-state index in [2.05, 4.69) is 144 Å². The summed E-state index contributed by atoms with van der Waals surface area (Å²) in [6.45, 7) is 16.1. The minimum atomic E-state index is -1.62. The first kappa shape index (κ1) is 36.6. The first-order valence-electron chi connectivity index (χ1n) is 14.6. The summed E-state index contributed by atoms with van der Waals surface area (Å²) in [7, 11) is 13.5. The Bertz CT molecular complexity index is 1380. The van der Waals surface area contributed by atoms with Crippen molar-refractivity contribution in [3.05, 3.63) is 131 Å². The van der Waals surface area contributed by atoms with Gasteiger partial charge in [-0.1, -0.05) is 106 Å². The van der Waals surface area contributed by atoms with Gasteiger partial charge in [-0.15, -0.1) is 0 Å². The van der Waals surface area contributed by atoms with Gasteiger partial charge >= 0.3 is 41.5 Å². The second kappa shape index (κ2) is 18.3. The van der Waals surface area contributed by atoms with Crippen molar-refractivity contribution < 1.29 is 16.1 Å². The monoisotopic (exact) mass is 707 g/mol. The number of hydrogen-bond acceptors (Lipinski definition) is 2. The predicted octanol–water partition coefficient (Wildman–Crippen LogP) is 10.4. The van der Waals surface area contributed by atoms with Crippen LogP contribution in [0.25, 0.3) is 0 Å². The molecule has 8 heteroatoms. The predicted molar refractivity (Wildman–Crippen MR) is 193 cm³/mol. The molecular formula is C36H43Cl3CrN2OP+. The molecule has 1 fully saturated rings. The molecule has 0 radical (unpaired) electrons. The van der Waals surface area contributed by atoms with Crippen molar-refractivity contribution in [3.63, 3.8) is 0 Å². The van der Waals surface area contributed by atoms with Crippen molar-refractivity contribution in [2.75, 3.05) is 6.61 Å². The zero-order valence-electron chi connectivity index (χ0n) is 26.3. The number of aliphatic imine (C=N–C) groups is 1. The first-order valence-corrected chi connectivity index (χ1v) is 21.4. The van der Waals surface area contributed by atoms with Gasteiger partial charge in [0.25, 0.3) is 0 Å². The fourth-order valence-electron chi connectivity index (χ4n) is 4.61.